The van der Waals surface area contributed by atoms with Crippen LogP contribution in [0.15, 0.2) is 36.7 Å². The van der Waals surface area contributed by atoms with Crippen molar-refractivity contribution in [1.82, 2.24) is 9.88 Å². The number of nitrogens with zero attached hydrogens (tertiary/aromatic N) is 2. The number of rotatable bonds is 4. The van der Waals surface area contributed by atoms with Crippen molar-refractivity contribution in [1.29, 1.82) is 0 Å². The van der Waals surface area contributed by atoms with E-state index in [1.807, 2.05) is 0 Å². The number of methoxy groups -OCH3 is 1. The number of hydrogen-bond donors (Lipinski definition) is 0. The van der Waals surface area contributed by atoms with E-state index in [4.69, 9.17) is 16.3 Å². The third kappa shape index (κ3) is 3.36. The Morgan fingerprint density at radius 2 is 2.29 bits per heavy atom. The molecule has 2 aromatic rings. The summed E-state index contributed by atoms with van der Waals surface area (Å²) in [5, 5.41) is 0.472. The molecule has 1 aliphatic rings. The lowest BCUT2D eigenvalue weighted by Crippen LogP contribution is -2.32. The lowest BCUT2D eigenvalue weighted by atomic mass is 10.0. The first-order chi connectivity index (χ1) is 11.6. The Hall–Kier alpha value is -2.14. The monoisotopic (exact) mass is 348 g/mol. The van der Waals surface area contributed by atoms with E-state index >= 15 is 0 Å². The zero-order valence-electron chi connectivity index (χ0n) is 13.3. The van der Waals surface area contributed by atoms with Crippen molar-refractivity contribution in [2.24, 2.45) is 0 Å². The summed E-state index contributed by atoms with van der Waals surface area (Å²) >= 11 is 6.00. The van der Waals surface area contributed by atoms with E-state index in [1.165, 1.54) is 12.1 Å². The number of ether oxygens (including phenoxy) is 1. The van der Waals surface area contributed by atoms with Crippen molar-refractivity contribution in [3.8, 4) is 5.75 Å². The largest absolute Gasteiger partial charge is 0.496 e. The fourth-order valence-corrected chi connectivity index (χ4v) is 3.35. The van der Waals surface area contributed by atoms with Gasteiger partial charge in [-0.05, 0) is 37.1 Å². The predicted octanol–water partition coefficient (Wildman–Crippen LogP) is 3.79. The first-order valence-corrected chi connectivity index (χ1v) is 8.19. The lowest BCUT2D eigenvalue weighted by Gasteiger charge is -2.26. The van der Waals surface area contributed by atoms with Gasteiger partial charge in [0.25, 0.3) is 0 Å². The van der Waals surface area contributed by atoms with Gasteiger partial charge in [-0.25, -0.2) is 4.39 Å². The summed E-state index contributed by atoms with van der Waals surface area (Å²) in [5.74, 6) is 0.231. The number of hydrogen-bond acceptors (Lipinski definition) is 3. The molecule has 0 aliphatic carbocycles. The van der Waals surface area contributed by atoms with Crippen molar-refractivity contribution in [3.05, 3.63) is 58.6 Å². The van der Waals surface area contributed by atoms with E-state index in [9.17, 15) is 9.18 Å². The van der Waals surface area contributed by atoms with Crippen LogP contribution in [0.3, 0.4) is 0 Å². The number of carbonyl (C=O) groups is 1. The first-order valence-electron chi connectivity index (χ1n) is 7.81. The molecule has 1 saturated heterocycles. The van der Waals surface area contributed by atoms with Crippen LogP contribution in [0.2, 0.25) is 5.02 Å². The normalized spacial score (nSPS) is 17.1. The minimum absolute atomic E-state index is 0.0665. The molecule has 4 nitrogen and oxygen atoms in total. The van der Waals surface area contributed by atoms with Gasteiger partial charge in [-0.1, -0.05) is 11.6 Å². The van der Waals surface area contributed by atoms with Crippen LogP contribution in [-0.4, -0.2) is 29.4 Å². The minimum atomic E-state index is -0.331. The Balaban J connectivity index is 1.82. The van der Waals surface area contributed by atoms with Crippen LogP contribution in [0.25, 0.3) is 0 Å². The van der Waals surface area contributed by atoms with E-state index in [2.05, 4.69) is 4.98 Å². The van der Waals surface area contributed by atoms with Gasteiger partial charge in [0.2, 0.25) is 5.91 Å². The molecule has 3 rings (SSSR count). The minimum Gasteiger partial charge on any atom is -0.496 e. The average molecular weight is 349 g/mol. The maximum atomic E-state index is 14.2. The average Bonchev–Trinajstić information content (AvgIpc) is 3.07. The van der Waals surface area contributed by atoms with Gasteiger partial charge >= 0.3 is 0 Å². The topological polar surface area (TPSA) is 42.4 Å². The summed E-state index contributed by atoms with van der Waals surface area (Å²) in [4.78, 5) is 18.5. The van der Waals surface area contributed by atoms with Gasteiger partial charge in [0.1, 0.15) is 11.6 Å². The van der Waals surface area contributed by atoms with Gasteiger partial charge in [-0.15, -0.1) is 0 Å². The second-order valence-corrected chi connectivity index (χ2v) is 6.21. The standard InChI is InChI=1S/C18H18ClFN2O2/c1-24-17-6-7-21-11-12(17)9-18(23)22-8-2-3-16(22)14-10-13(19)4-5-15(14)20/h4-7,10-11,16H,2-3,8-9H2,1H3. The molecular formula is C18H18ClFN2O2. The third-order valence-corrected chi connectivity index (χ3v) is 4.55. The number of carbonyl (C=O) groups excluding carboxylic acids is 1. The summed E-state index contributed by atoms with van der Waals surface area (Å²) in [6.07, 6.45) is 4.99. The summed E-state index contributed by atoms with van der Waals surface area (Å²) in [5.41, 5.74) is 1.20. The number of amides is 1. The van der Waals surface area contributed by atoms with Crippen LogP contribution in [0, 0.1) is 5.82 Å². The zero-order valence-corrected chi connectivity index (χ0v) is 14.1. The molecule has 1 amide bonds. The molecule has 126 valence electrons. The van der Waals surface area contributed by atoms with Crippen LogP contribution in [0.1, 0.15) is 30.0 Å². The first kappa shape index (κ1) is 16.7. The highest BCUT2D eigenvalue weighted by atomic mass is 35.5. The maximum absolute atomic E-state index is 14.2. The molecule has 2 heterocycles. The Kier molecular flexibility index (Phi) is 5.00. The van der Waals surface area contributed by atoms with Gasteiger partial charge < -0.3 is 9.64 Å². The van der Waals surface area contributed by atoms with Crippen LogP contribution in [0.5, 0.6) is 5.75 Å². The highest BCUT2D eigenvalue weighted by molar-refractivity contribution is 6.30. The lowest BCUT2D eigenvalue weighted by molar-refractivity contribution is -0.131. The maximum Gasteiger partial charge on any atom is 0.227 e. The molecule has 1 aliphatic heterocycles. The molecule has 24 heavy (non-hydrogen) atoms. The molecule has 6 heteroatoms. The number of halogens is 2. The highest BCUT2D eigenvalue weighted by Crippen LogP contribution is 2.35. The van der Waals surface area contributed by atoms with Crippen molar-refractivity contribution < 1.29 is 13.9 Å². The van der Waals surface area contributed by atoms with E-state index in [-0.39, 0.29) is 24.2 Å². The second kappa shape index (κ2) is 7.18. The van der Waals surface area contributed by atoms with Crippen molar-refractivity contribution in [3.63, 3.8) is 0 Å². The smallest absolute Gasteiger partial charge is 0.227 e. The van der Waals surface area contributed by atoms with E-state index in [1.54, 1.807) is 36.5 Å². The summed E-state index contributed by atoms with van der Waals surface area (Å²) in [6, 6.07) is 5.92. The molecule has 1 fully saturated rings. The van der Waals surface area contributed by atoms with Gasteiger partial charge in [0.15, 0.2) is 0 Å². The Morgan fingerprint density at radius 1 is 1.46 bits per heavy atom. The molecular weight excluding hydrogens is 331 g/mol. The van der Waals surface area contributed by atoms with E-state index in [0.29, 0.717) is 22.9 Å². The van der Waals surface area contributed by atoms with Gasteiger partial charge in [0, 0.05) is 35.1 Å². The van der Waals surface area contributed by atoms with Crippen molar-refractivity contribution >= 4 is 17.5 Å². The van der Waals surface area contributed by atoms with Crippen LogP contribution < -0.4 is 4.74 Å². The van der Waals surface area contributed by atoms with Gasteiger partial charge in [-0.2, -0.15) is 0 Å². The summed E-state index contributed by atoms with van der Waals surface area (Å²) in [7, 11) is 1.56. The molecule has 1 unspecified atom stereocenters. The van der Waals surface area contributed by atoms with Crippen LogP contribution in [0.4, 0.5) is 4.39 Å². The fourth-order valence-electron chi connectivity index (χ4n) is 3.17. The van der Waals surface area contributed by atoms with Gasteiger partial charge in [0.05, 0.1) is 19.6 Å². The fraction of sp³-hybridized carbons (Fsp3) is 0.333. The number of likely N-dealkylation sites (tertiary alicyclic amines) is 1. The quantitative estimate of drug-likeness (QED) is 0.844. The molecule has 1 atom stereocenters. The molecule has 0 N–H and O–H groups in total. The number of aromatic nitrogens is 1. The summed E-state index contributed by atoms with van der Waals surface area (Å²) in [6.45, 7) is 0.609. The molecule has 0 saturated carbocycles. The number of pyridine rings is 1. The third-order valence-electron chi connectivity index (χ3n) is 4.31. The van der Waals surface area contributed by atoms with E-state index in [0.717, 1.165) is 18.4 Å². The molecule has 0 bridgehead atoms. The Morgan fingerprint density at radius 3 is 3.08 bits per heavy atom. The predicted molar refractivity (Wildman–Crippen MR) is 89.6 cm³/mol. The van der Waals surface area contributed by atoms with Crippen LogP contribution in [-0.2, 0) is 11.2 Å². The molecule has 0 spiro atoms. The van der Waals surface area contributed by atoms with E-state index < -0.39 is 0 Å². The Bertz CT molecular complexity index is 754. The molecule has 1 aromatic carbocycles. The molecule has 1 aromatic heterocycles. The number of benzene rings is 1. The van der Waals surface area contributed by atoms with Gasteiger partial charge in [-0.3, -0.25) is 9.78 Å². The highest BCUT2D eigenvalue weighted by Gasteiger charge is 2.32. The zero-order chi connectivity index (χ0) is 17.1. The SMILES string of the molecule is COc1ccncc1CC(=O)N1CCCC1c1cc(Cl)ccc1F. The van der Waals surface area contributed by atoms with Crippen molar-refractivity contribution in [2.75, 3.05) is 13.7 Å². The summed E-state index contributed by atoms with van der Waals surface area (Å²) < 4.78 is 19.4. The molecule has 0 radical (unpaired) electrons. The van der Waals surface area contributed by atoms with Crippen LogP contribution >= 0.6 is 11.6 Å². The second-order valence-electron chi connectivity index (χ2n) is 5.78. The Labute approximate surface area is 145 Å². The van der Waals surface area contributed by atoms with Crippen molar-refractivity contribution in [2.45, 2.75) is 25.3 Å².